The van der Waals surface area contributed by atoms with Crippen molar-refractivity contribution in [1.29, 1.82) is 0 Å². The van der Waals surface area contributed by atoms with Gasteiger partial charge in [-0.1, -0.05) is 17.3 Å². The molecule has 7 nitrogen and oxygen atoms in total. The number of ether oxygens (including phenoxy) is 1. The number of nitrogens with one attached hydrogen (secondary N) is 2. The molecule has 3 rings (SSSR count). The molecule has 7 heteroatoms. The lowest BCUT2D eigenvalue weighted by molar-refractivity contribution is -0.122. The Kier molecular flexibility index (Phi) is 5.65. The zero-order valence-corrected chi connectivity index (χ0v) is 14.6. The second-order valence-corrected chi connectivity index (χ2v) is 6.37. The van der Waals surface area contributed by atoms with Crippen molar-refractivity contribution in [2.24, 2.45) is 5.92 Å². The number of amides is 1. The molecule has 1 aromatic heterocycles. The standard InChI is InChI=1S/C18H24N4O3/c1-12(20-16(23)7-6-13-8-9-19-11-13)18-21-17(22-25-18)14-4-3-5-15(10-14)24-2/h3-5,10,12-13,19H,6-9,11H2,1-2H3,(H,20,23). The lowest BCUT2D eigenvalue weighted by Crippen LogP contribution is -2.27. The summed E-state index contributed by atoms with van der Waals surface area (Å²) in [6, 6.07) is 7.13. The molecule has 1 saturated heterocycles. The third-order valence-electron chi connectivity index (χ3n) is 4.46. The van der Waals surface area contributed by atoms with E-state index in [1.165, 1.54) is 0 Å². The molecule has 1 amide bonds. The summed E-state index contributed by atoms with van der Waals surface area (Å²) in [7, 11) is 1.61. The Morgan fingerprint density at radius 3 is 3.16 bits per heavy atom. The quantitative estimate of drug-likeness (QED) is 0.801. The molecular formula is C18H24N4O3. The monoisotopic (exact) mass is 344 g/mol. The third kappa shape index (κ3) is 4.57. The van der Waals surface area contributed by atoms with E-state index < -0.39 is 0 Å². The van der Waals surface area contributed by atoms with Gasteiger partial charge in [0, 0.05) is 12.0 Å². The molecular weight excluding hydrogens is 320 g/mol. The summed E-state index contributed by atoms with van der Waals surface area (Å²) < 4.78 is 10.5. The molecule has 2 N–H and O–H groups in total. The van der Waals surface area contributed by atoms with Crippen molar-refractivity contribution in [3.8, 4) is 17.1 Å². The van der Waals surface area contributed by atoms with E-state index in [1.807, 2.05) is 31.2 Å². The maximum absolute atomic E-state index is 12.1. The lowest BCUT2D eigenvalue weighted by Gasteiger charge is -2.11. The summed E-state index contributed by atoms with van der Waals surface area (Å²) in [5.74, 6) is 2.22. The first kappa shape index (κ1) is 17.4. The lowest BCUT2D eigenvalue weighted by atomic mass is 10.0. The van der Waals surface area contributed by atoms with Crippen LogP contribution < -0.4 is 15.4 Å². The number of hydrogen-bond acceptors (Lipinski definition) is 6. The minimum atomic E-state index is -0.318. The van der Waals surface area contributed by atoms with Gasteiger partial charge in [0.1, 0.15) is 11.8 Å². The van der Waals surface area contributed by atoms with Gasteiger partial charge in [-0.2, -0.15) is 4.98 Å². The van der Waals surface area contributed by atoms with E-state index in [4.69, 9.17) is 9.26 Å². The van der Waals surface area contributed by atoms with Gasteiger partial charge in [-0.15, -0.1) is 0 Å². The van der Waals surface area contributed by atoms with Gasteiger partial charge >= 0.3 is 0 Å². The second-order valence-electron chi connectivity index (χ2n) is 6.37. The molecule has 0 radical (unpaired) electrons. The molecule has 0 bridgehead atoms. The van der Waals surface area contributed by atoms with Crippen LogP contribution in [0.15, 0.2) is 28.8 Å². The molecule has 2 heterocycles. The SMILES string of the molecule is COc1cccc(-c2noc(C(C)NC(=O)CCC3CCNC3)n2)c1. The fourth-order valence-corrected chi connectivity index (χ4v) is 2.96. The molecule has 1 aliphatic heterocycles. The van der Waals surface area contributed by atoms with Crippen LogP contribution in [0.5, 0.6) is 5.75 Å². The van der Waals surface area contributed by atoms with Crippen molar-refractivity contribution in [2.75, 3.05) is 20.2 Å². The van der Waals surface area contributed by atoms with Crippen LogP contribution in [-0.4, -0.2) is 36.2 Å². The molecule has 1 fully saturated rings. The van der Waals surface area contributed by atoms with Gasteiger partial charge in [0.15, 0.2) is 0 Å². The first-order valence-electron chi connectivity index (χ1n) is 8.64. The molecule has 1 aromatic carbocycles. The smallest absolute Gasteiger partial charge is 0.249 e. The fourth-order valence-electron chi connectivity index (χ4n) is 2.96. The first-order valence-corrected chi connectivity index (χ1v) is 8.64. The highest BCUT2D eigenvalue weighted by molar-refractivity contribution is 5.76. The van der Waals surface area contributed by atoms with Crippen LogP contribution in [0.2, 0.25) is 0 Å². The molecule has 25 heavy (non-hydrogen) atoms. The molecule has 2 atom stereocenters. The number of carbonyl (C=O) groups excluding carboxylic acids is 1. The largest absolute Gasteiger partial charge is 0.497 e. The van der Waals surface area contributed by atoms with E-state index in [9.17, 15) is 4.79 Å². The van der Waals surface area contributed by atoms with Crippen molar-refractivity contribution in [2.45, 2.75) is 32.2 Å². The number of hydrogen-bond donors (Lipinski definition) is 2. The Balaban J connectivity index is 1.56. The van der Waals surface area contributed by atoms with Gasteiger partial charge < -0.3 is 19.9 Å². The highest BCUT2D eigenvalue weighted by atomic mass is 16.5. The van der Waals surface area contributed by atoms with Gasteiger partial charge in [0.2, 0.25) is 17.6 Å². The van der Waals surface area contributed by atoms with Gasteiger partial charge in [-0.25, -0.2) is 0 Å². The highest BCUT2D eigenvalue weighted by Gasteiger charge is 2.19. The number of methoxy groups -OCH3 is 1. The van der Waals surface area contributed by atoms with Crippen LogP contribution in [0.1, 0.15) is 38.1 Å². The van der Waals surface area contributed by atoms with Gasteiger partial charge in [0.25, 0.3) is 0 Å². The van der Waals surface area contributed by atoms with E-state index in [-0.39, 0.29) is 11.9 Å². The Morgan fingerprint density at radius 1 is 1.52 bits per heavy atom. The van der Waals surface area contributed by atoms with Crippen LogP contribution in [0.25, 0.3) is 11.4 Å². The minimum absolute atomic E-state index is 0.0144. The van der Waals surface area contributed by atoms with E-state index in [1.54, 1.807) is 7.11 Å². The molecule has 0 aliphatic carbocycles. The average Bonchev–Trinajstić information content (AvgIpc) is 3.31. The topological polar surface area (TPSA) is 89.3 Å². The Hall–Kier alpha value is -2.41. The first-order chi connectivity index (χ1) is 12.2. The highest BCUT2D eigenvalue weighted by Crippen LogP contribution is 2.23. The normalized spacial score (nSPS) is 18.1. The summed E-state index contributed by atoms with van der Waals surface area (Å²) in [4.78, 5) is 16.5. The second kappa shape index (κ2) is 8.11. The van der Waals surface area contributed by atoms with Crippen LogP contribution in [0.4, 0.5) is 0 Å². The minimum Gasteiger partial charge on any atom is -0.497 e. The molecule has 0 saturated carbocycles. The molecule has 1 aliphatic rings. The van der Waals surface area contributed by atoms with E-state index in [2.05, 4.69) is 20.8 Å². The van der Waals surface area contributed by atoms with Crippen LogP contribution in [0, 0.1) is 5.92 Å². The van der Waals surface area contributed by atoms with Crippen LogP contribution in [-0.2, 0) is 4.79 Å². The fraction of sp³-hybridized carbons (Fsp3) is 0.500. The number of aromatic nitrogens is 2. The number of rotatable bonds is 7. The average molecular weight is 344 g/mol. The van der Waals surface area contributed by atoms with E-state index in [0.717, 1.165) is 37.2 Å². The summed E-state index contributed by atoms with van der Waals surface area (Å²) >= 11 is 0. The maximum atomic E-state index is 12.1. The van der Waals surface area contributed by atoms with Crippen LogP contribution >= 0.6 is 0 Å². The number of nitrogens with zero attached hydrogens (tertiary/aromatic N) is 2. The van der Waals surface area contributed by atoms with Crippen molar-refractivity contribution < 1.29 is 14.1 Å². The molecule has 0 spiro atoms. The summed E-state index contributed by atoms with van der Waals surface area (Å²) in [6.45, 7) is 3.91. The molecule has 2 unspecified atom stereocenters. The predicted molar refractivity (Wildman–Crippen MR) is 93.1 cm³/mol. The van der Waals surface area contributed by atoms with Gasteiger partial charge in [-0.3, -0.25) is 4.79 Å². The van der Waals surface area contributed by atoms with Gasteiger partial charge in [-0.05, 0) is 50.9 Å². The van der Waals surface area contributed by atoms with Crippen molar-refractivity contribution in [3.63, 3.8) is 0 Å². The zero-order valence-electron chi connectivity index (χ0n) is 14.6. The summed E-state index contributed by atoms with van der Waals surface area (Å²) in [5, 5.41) is 10.2. The van der Waals surface area contributed by atoms with Crippen LogP contribution in [0.3, 0.4) is 0 Å². The molecule has 2 aromatic rings. The molecule has 134 valence electrons. The Labute approximate surface area is 147 Å². The predicted octanol–water partition coefficient (Wildman–Crippen LogP) is 2.31. The van der Waals surface area contributed by atoms with Gasteiger partial charge in [0.05, 0.1) is 7.11 Å². The van der Waals surface area contributed by atoms with E-state index >= 15 is 0 Å². The third-order valence-corrected chi connectivity index (χ3v) is 4.46. The summed E-state index contributed by atoms with van der Waals surface area (Å²) in [5.41, 5.74) is 0.807. The zero-order chi connectivity index (χ0) is 17.6. The maximum Gasteiger partial charge on any atom is 0.249 e. The Morgan fingerprint density at radius 2 is 2.40 bits per heavy atom. The van der Waals surface area contributed by atoms with Crippen molar-refractivity contribution in [1.82, 2.24) is 20.8 Å². The Bertz CT molecular complexity index is 710. The number of carbonyl (C=O) groups is 1. The van der Waals surface area contributed by atoms with Crippen molar-refractivity contribution >= 4 is 5.91 Å². The number of benzene rings is 1. The van der Waals surface area contributed by atoms with E-state index in [0.29, 0.717) is 24.1 Å². The van der Waals surface area contributed by atoms with Crippen molar-refractivity contribution in [3.05, 3.63) is 30.2 Å². The summed E-state index contributed by atoms with van der Waals surface area (Å²) in [6.07, 6.45) is 2.58.